The first-order chi connectivity index (χ1) is 10.8. The molecule has 0 saturated carbocycles. The third-order valence-corrected chi connectivity index (χ3v) is 4.67. The van der Waals surface area contributed by atoms with Crippen LogP contribution in [0.15, 0.2) is 36.4 Å². The van der Waals surface area contributed by atoms with Gasteiger partial charge in [0.15, 0.2) is 11.6 Å². The number of ether oxygens (including phenoxy) is 1. The standard InChI is InChI=1S/C18H21FO3S/c1-13-12-16(22-10-7-11-23(3,20)21)18(19)14(2)17(13)15-8-5-4-6-9-15/h4-6,8-9,12H,7,10-11H2,1-3H3. The maximum absolute atomic E-state index is 14.5. The van der Waals surface area contributed by atoms with Crippen LogP contribution in [0.3, 0.4) is 0 Å². The number of hydrogen-bond acceptors (Lipinski definition) is 3. The van der Waals surface area contributed by atoms with E-state index in [2.05, 4.69) is 0 Å². The van der Waals surface area contributed by atoms with Crippen LogP contribution in [0.2, 0.25) is 0 Å². The molecule has 0 unspecified atom stereocenters. The molecule has 0 heterocycles. The number of sulfone groups is 1. The van der Waals surface area contributed by atoms with Crippen LogP contribution < -0.4 is 4.74 Å². The molecule has 0 aliphatic carbocycles. The average molecular weight is 336 g/mol. The van der Waals surface area contributed by atoms with Crippen molar-refractivity contribution in [3.05, 3.63) is 53.3 Å². The Morgan fingerprint density at radius 3 is 2.39 bits per heavy atom. The van der Waals surface area contributed by atoms with Crippen molar-refractivity contribution in [3.8, 4) is 16.9 Å². The Morgan fingerprint density at radius 1 is 1.13 bits per heavy atom. The van der Waals surface area contributed by atoms with Gasteiger partial charge in [0, 0.05) is 6.26 Å². The van der Waals surface area contributed by atoms with E-state index >= 15 is 0 Å². The predicted octanol–water partition coefficient (Wildman–Crippen LogP) is 3.92. The van der Waals surface area contributed by atoms with Gasteiger partial charge in [-0.05, 0) is 48.6 Å². The lowest BCUT2D eigenvalue weighted by Gasteiger charge is -2.15. The van der Waals surface area contributed by atoms with E-state index in [9.17, 15) is 12.8 Å². The van der Waals surface area contributed by atoms with E-state index in [1.165, 1.54) is 6.26 Å². The smallest absolute Gasteiger partial charge is 0.168 e. The summed E-state index contributed by atoms with van der Waals surface area (Å²) in [4.78, 5) is 0. The molecular weight excluding hydrogens is 315 g/mol. The first kappa shape index (κ1) is 17.5. The fourth-order valence-corrected chi connectivity index (χ4v) is 3.22. The van der Waals surface area contributed by atoms with Crippen LogP contribution in [0, 0.1) is 19.7 Å². The highest BCUT2D eigenvalue weighted by Gasteiger charge is 2.15. The molecule has 2 rings (SSSR count). The lowest BCUT2D eigenvalue weighted by molar-refractivity contribution is 0.301. The van der Waals surface area contributed by atoms with Crippen molar-refractivity contribution >= 4 is 9.84 Å². The molecule has 0 saturated heterocycles. The zero-order chi connectivity index (χ0) is 17.0. The van der Waals surface area contributed by atoms with Crippen molar-refractivity contribution in [3.63, 3.8) is 0 Å². The number of halogens is 1. The summed E-state index contributed by atoms with van der Waals surface area (Å²) in [5.74, 6) is -0.184. The summed E-state index contributed by atoms with van der Waals surface area (Å²) >= 11 is 0. The Hall–Kier alpha value is -1.88. The molecule has 0 atom stereocenters. The van der Waals surface area contributed by atoms with Crippen molar-refractivity contribution in [1.29, 1.82) is 0 Å². The molecule has 0 amide bonds. The van der Waals surface area contributed by atoms with E-state index in [1.807, 2.05) is 37.3 Å². The molecule has 2 aromatic rings. The van der Waals surface area contributed by atoms with Crippen molar-refractivity contribution in [1.82, 2.24) is 0 Å². The normalized spacial score (nSPS) is 11.5. The van der Waals surface area contributed by atoms with E-state index in [1.54, 1.807) is 13.0 Å². The van der Waals surface area contributed by atoms with E-state index < -0.39 is 15.7 Å². The van der Waals surface area contributed by atoms with Crippen LogP contribution in [0.25, 0.3) is 11.1 Å². The van der Waals surface area contributed by atoms with Crippen LogP contribution >= 0.6 is 0 Å². The quantitative estimate of drug-likeness (QED) is 0.751. The first-order valence-corrected chi connectivity index (χ1v) is 9.51. The summed E-state index contributed by atoms with van der Waals surface area (Å²) in [7, 11) is -3.02. The molecule has 0 fully saturated rings. The van der Waals surface area contributed by atoms with Gasteiger partial charge in [-0.3, -0.25) is 0 Å². The first-order valence-electron chi connectivity index (χ1n) is 7.45. The molecule has 0 aliphatic heterocycles. The van der Waals surface area contributed by atoms with Crippen LogP contribution in [-0.4, -0.2) is 27.0 Å². The molecule has 0 aliphatic rings. The number of hydrogen-bond donors (Lipinski definition) is 0. The Bertz CT molecular complexity index is 784. The van der Waals surface area contributed by atoms with E-state index in [0.717, 1.165) is 16.7 Å². The third-order valence-electron chi connectivity index (χ3n) is 3.64. The summed E-state index contributed by atoms with van der Waals surface area (Å²) in [6, 6.07) is 11.3. The third kappa shape index (κ3) is 4.55. The lowest BCUT2D eigenvalue weighted by atomic mass is 9.95. The van der Waals surface area contributed by atoms with Gasteiger partial charge in [0.25, 0.3) is 0 Å². The van der Waals surface area contributed by atoms with Crippen LogP contribution in [0.1, 0.15) is 17.5 Å². The highest BCUT2D eigenvalue weighted by Crippen LogP contribution is 2.33. The second kappa shape index (κ2) is 7.13. The van der Waals surface area contributed by atoms with E-state index in [0.29, 0.717) is 12.0 Å². The fraction of sp³-hybridized carbons (Fsp3) is 0.333. The summed E-state index contributed by atoms with van der Waals surface area (Å²) in [6.07, 6.45) is 1.52. The SMILES string of the molecule is Cc1cc(OCCCS(C)(=O)=O)c(F)c(C)c1-c1ccccc1. The highest BCUT2D eigenvalue weighted by atomic mass is 32.2. The van der Waals surface area contributed by atoms with Crippen LogP contribution in [0.4, 0.5) is 4.39 Å². The van der Waals surface area contributed by atoms with Gasteiger partial charge < -0.3 is 4.74 Å². The Balaban J connectivity index is 2.21. The number of rotatable bonds is 6. The summed E-state index contributed by atoms with van der Waals surface area (Å²) < 4.78 is 42.2. The maximum Gasteiger partial charge on any atom is 0.168 e. The monoisotopic (exact) mass is 336 g/mol. The fourth-order valence-electron chi connectivity index (χ4n) is 2.58. The zero-order valence-electron chi connectivity index (χ0n) is 13.6. The average Bonchev–Trinajstić information content (AvgIpc) is 2.48. The maximum atomic E-state index is 14.5. The van der Waals surface area contributed by atoms with Gasteiger partial charge in [0.1, 0.15) is 9.84 Å². The summed E-state index contributed by atoms with van der Waals surface area (Å²) in [5, 5.41) is 0. The minimum Gasteiger partial charge on any atom is -0.490 e. The predicted molar refractivity (Wildman–Crippen MR) is 91.1 cm³/mol. The van der Waals surface area contributed by atoms with E-state index in [-0.39, 0.29) is 18.1 Å². The molecular formula is C18H21FO3S. The summed E-state index contributed by atoms with van der Waals surface area (Å²) in [5.41, 5.74) is 3.29. The molecule has 3 nitrogen and oxygen atoms in total. The second-order valence-electron chi connectivity index (χ2n) is 5.70. The molecule has 124 valence electrons. The molecule has 5 heteroatoms. The minimum atomic E-state index is -3.02. The van der Waals surface area contributed by atoms with Gasteiger partial charge in [0.2, 0.25) is 0 Å². The van der Waals surface area contributed by atoms with Crippen molar-refractivity contribution < 1.29 is 17.5 Å². The van der Waals surface area contributed by atoms with Gasteiger partial charge >= 0.3 is 0 Å². The van der Waals surface area contributed by atoms with Gasteiger partial charge in [0.05, 0.1) is 12.4 Å². The second-order valence-corrected chi connectivity index (χ2v) is 7.96. The topological polar surface area (TPSA) is 43.4 Å². The largest absolute Gasteiger partial charge is 0.490 e. The number of aryl methyl sites for hydroxylation is 1. The highest BCUT2D eigenvalue weighted by molar-refractivity contribution is 7.90. The Labute approximate surface area is 137 Å². The van der Waals surface area contributed by atoms with Gasteiger partial charge in [-0.1, -0.05) is 30.3 Å². The van der Waals surface area contributed by atoms with Gasteiger partial charge in [-0.2, -0.15) is 0 Å². The molecule has 0 aromatic heterocycles. The Morgan fingerprint density at radius 2 is 1.78 bits per heavy atom. The van der Waals surface area contributed by atoms with Crippen molar-refractivity contribution in [2.45, 2.75) is 20.3 Å². The van der Waals surface area contributed by atoms with Crippen LogP contribution in [-0.2, 0) is 9.84 Å². The minimum absolute atomic E-state index is 0.0364. The van der Waals surface area contributed by atoms with Crippen LogP contribution in [0.5, 0.6) is 5.75 Å². The van der Waals surface area contributed by atoms with Crippen molar-refractivity contribution in [2.75, 3.05) is 18.6 Å². The lowest BCUT2D eigenvalue weighted by Crippen LogP contribution is -2.09. The zero-order valence-corrected chi connectivity index (χ0v) is 14.4. The molecule has 2 aromatic carbocycles. The van der Waals surface area contributed by atoms with Gasteiger partial charge in [-0.15, -0.1) is 0 Å². The molecule has 23 heavy (non-hydrogen) atoms. The van der Waals surface area contributed by atoms with Gasteiger partial charge in [-0.25, -0.2) is 12.8 Å². The molecule has 0 radical (unpaired) electrons. The molecule has 0 N–H and O–H groups in total. The number of benzene rings is 2. The Kier molecular flexibility index (Phi) is 5.42. The molecule has 0 bridgehead atoms. The van der Waals surface area contributed by atoms with Crippen molar-refractivity contribution in [2.24, 2.45) is 0 Å². The summed E-state index contributed by atoms with van der Waals surface area (Å²) in [6.45, 7) is 3.82. The van der Waals surface area contributed by atoms with E-state index in [4.69, 9.17) is 4.74 Å². The molecule has 0 spiro atoms.